The second-order valence-corrected chi connectivity index (χ2v) is 20.9. The van der Waals surface area contributed by atoms with Crippen molar-refractivity contribution in [1.29, 1.82) is 0 Å². The summed E-state index contributed by atoms with van der Waals surface area (Å²) in [6, 6.07) is 5.63. The summed E-state index contributed by atoms with van der Waals surface area (Å²) in [5.41, 5.74) is -0.656. The van der Waals surface area contributed by atoms with E-state index >= 15 is 0 Å². The van der Waals surface area contributed by atoms with E-state index in [1.807, 2.05) is 60.7 Å². The van der Waals surface area contributed by atoms with Gasteiger partial charge in [-0.2, -0.15) is 0 Å². The maximum absolute atomic E-state index is 9.77. The molecule has 0 aliphatic carbocycles. The Labute approximate surface area is 570 Å². The molecule has 2 aromatic heterocycles. The van der Waals surface area contributed by atoms with Gasteiger partial charge in [-0.3, -0.25) is 0 Å². The van der Waals surface area contributed by atoms with Gasteiger partial charge >= 0.3 is 0 Å². The Hall–Kier alpha value is -11.8. The van der Waals surface area contributed by atoms with Gasteiger partial charge in [0.1, 0.15) is 22.3 Å². The largest absolute Gasteiger partial charge is 0.456 e. The summed E-state index contributed by atoms with van der Waals surface area (Å²) in [4.78, 5) is 0. The molecule has 2 nitrogen and oxygen atoms in total. The van der Waals surface area contributed by atoms with Crippen LogP contribution in [0.1, 0.15) is 49.3 Å². The topological polar surface area (TPSA) is 26.3 Å². The van der Waals surface area contributed by atoms with Crippen molar-refractivity contribution in [2.45, 2.75) is 0 Å². The Kier molecular flexibility index (Phi) is 6.30. The highest BCUT2D eigenvalue weighted by Crippen LogP contribution is 2.50. The SMILES string of the molecule is [2H]c1c([2H])c([2H])c(-c2c([2H])c([2H])c(-c3c4c([2H])c([2H])c([2H])c([2H])c4c(-c4c([2H])c([2H])c([2H])c5oc6c([2H])c7c([2H])c([2H])c([2H])c([2H])c7c([2H])c6c45)c4c([2H])c([2H])c([2H])c([2H])c34)c3c([2H])c([2H])c([2H])c([2H])c23)c([2H])c1[2H].[2H]c1c([2H])c([2H])c2c(-c3ccc(-c4cccc5oc6cc7ccccc7cc6c45)cc3)c3c([2H])c([2H])c([2H])c([2H])c3c(-c3ccccc3)c2c1[2H]. The number of hydrogen-bond acceptors (Lipinski definition) is 2. The summed E-state index contributed by atoms with van der Waals surface area (Å²) in [7, 11) is 0. The van der Waals surface area contributed by atoms with E-state index in [-0.39, 0.29) is 45.7 Å². The van der Waals surface area contributed by atoms with E-state index in [2.05, 4.69) is 24.3 Å². The van der Waals surface area contributed by atoms with Crippen LogP contribution in [-0.2, 0) is 0 Å². The predicted octanol–water partition coefficient (Wildman–Crippen LogP) is 25.2. The molecule has 0 bridgehead atoms. The number of rotatable bonds is 6. The molecular formula is C88H54O2. The summed E-state index contributed by atoms with van der Waals surface area (Å²) < 4.78 is 336. The molecule has 0 N–H and O–H groups in total. The molecule has 0 amide bonds. The molecule has 0 atom stereocenters. The van der Waals surface area contributed by atoms with E-state index in [1.165, 1.54) is 0 Å². The molecule has 0 saturated carbocycles. The Morgan fingerprint density at radius 3 is 1.30 bits per heavy atom. The summed E-state index contributed by atoms with van der Waals surface area (Å²) in [5.74, 6) is 0. The molecule has 0 saturated heterocycles. The van der Waals surface area contributed by atoms with E-state index < -0.39 is 292 Å². The van der Waals surface area contributed by atoms with Crippen LogP contribution in [0, 0.1) is 0 Å². The lowest BCUT2D eigenvalue weighted by atomic mass is 9.83. The highest BCUT2D eigenvalue weighted by atomic mass is 16.3. The number of hydrogen-bond donors (Lipinski definition) is 0. The van der Waals surface area contributed by atoms with Gasteiger partial charge in [-0.15, -0.1) is 0 Å². The van der Waals surface area contributed by atoms with E-state index in [9.17, 15) is 15.1 Å². The fourth-order valence-electron chi connectivity index (χ4n) is 12.3. The van der Waals surface area contributed by atoms with Gasteiger partial charge in [0.05, 0.1) is 49.3 Å². The summed E-state index contributed by atoms with van der Waals surface area (Å²) >= 11 is 0. The first-order chi connectivity index (χ1) is 59.6. The van der Waals surface area contributed by atoms with Gasteiger partial charge < -0.3 is 8.83 Å². The Bertz CT molecular complexity index is 8140. The normalized spacial score (nSPS) is 17.4. The predicted molar refractivity (Wildman–Crippen MR) is 383 cm³/mol. The van der Waals surface area contributed by atoms with Crippen LogP contribution in [0.25, 0.3) is 186 Å². The molecule has 0 unspecified atom stereocenters. The quantitative estimate of drug-likeness (QED) is 0.155. The van der Waals surface area contributed by atoms with Crippen LogP contribution in [0.4, 0.5) is 0 Å². The minimum atomic E-state index is -1.10. The fourth-order valence-corrected chi connectivity index (χ4v) is 12.3. The van der Waals surface area contributed by atoms with Crippen LogP contribution in [0.5, 0.6) is 0 Å². The average Bonchev–Trinajstić information content (AvgIpc) is 0.988. The first kappa shape index (κ1) is 27.0. The van der Waals surface area contributed by atoms with E-state index in [0.29, 0.717) is 22.3 Å². The molecule has 0 spiro atoms. The second-order valence-electron chi connectivity index (χ2n) is 20.9. The Morgan fingerprint density at radius 2 is 0.678 bits per heavy atom. The number of benzene rings is 17. The van der Waals surface area contributed by atoms with Crippen LogP contribution in [0.2, 0.25) is 0 Å². The maximum Gasteiger partial charge on any atom is 0.136 e. The highest BCUT2D eigenvalue weighted by Gasteiger charge is 2.23. The standard InChI is InChI=1S/C46H28O.C42H26O/c1-2-13-29(14-3-1)32-25-26-39(34-18-7-6-17-33(32)34)44-35-19-8-10-21-37(35)45(38-22-11-9-20-36(38)44)40-23-12-24-42-46(40)41-27-30-15-4-5-16-31(30)28-43(41)47-42;1-2-11-28(12-3-1)40-33-15-6-8-17-35(33)41(36-18-9-7-16-34(36)40)29-23-21-27(22-24-29)32-19-10-20-38-42(32)37-25-30-13-4-5-14-31(30)26-39(37)43-38/h1-28H;1-26H/i1D,2D,3D,4D,5D,6D,7D,8D,9D,10D,11D,12D,13D,14D,15D,16D,17D,18D,19D,20D,21D,22D,23D,24D,25D,26D,27D,28D;6D,7D,8D,9D,15D,16D,17D,18D. The molecule has 0 radical (unpaired) electrons. The molecule has 90 heavy (non-hydrogen) atoms. The van der Waals surface area contributed by atoms with Crippen molar-refractivity contribution in [3.63, 3.8) is 0 Å². The third-order valence-corrected chi connectivity index (χ3v) is 16.1. The van der Waals surface area contributed by atoms with Crippen molar-refractivity contribution in [2.24, 2.45) is 0 Å². The van der Waals surface area contributed by atoms with E-state index in [1.54, 1.807) is 24.3 Å². The lowest BCUT2D eigenvalue weighted by Crippen LogP contribution is -1.92. The van der Waals surface area contributed by atoms with Gasteiger partial charge in [-0.05, 0) is 178 Å². The monoisotopic (exact) mass is 1180 g/mol. The fraction of sp³-hybridized carbons (Fsp3) is 0. The van der Waals surface area contributed by atoms with E-state index in [4.69, 9.17) is 43.1 Å². The Morgan fingerprint density at radius 1 is 0.211 bits per heavy atom. The number of fused-ring (bicyclic) bond motifs is 13. The van der Waals surface area contributed by atoms with Gasteiger partial charge in [0.15, 0.2) is 0 Å². The number of furan rings is 2. The van der Waals surface area contributed by atoms with Crippen molar-refractivity contribution < 1.29 is 58.2 Å². The minimum Gasteiger partial charge on any atom is -0.456 e. The van der Waals surface area contributed by atoms with Crippen LogP contribution in [-0.4, -0.2) is 0 Å². The molecule has 0 aliphatic rings. The zero-order valence-corrected chi connectivity index (χ0v) is 46.2. The van der Waals surface area contributed by atoms with Crippen molar-refractivity contribution in [2.75, 3.05) is 0 Å². The van der Waals surface area contributed by atoms with Gasteiger partial charge in [0.2, 0.25) is 0 Å². The van der Waals surface area contributed by atoms with Crippen molar-refractivity contribution in [3.05, 3.63) is 327 Å². The smallest absolute Gasteiger partial charge is 0.136 e. The average molecular weight is 1180 g/mol. The van der Waals surface area contributed by atoms with Gasteiger partial charge in [-0.25, -0.2) is 0 Å². The summed E-state index contributed by atoms with van der Waals surface area (Å²) in [6.07, 6.45) is 0. The molecule has 2 heterocycles. The Balaban J connectivity index is 0.000000183. The van der Waals surface area contributed by atoms with Crippen molar-refractivity contribution in [1.82, 2.24) is 0 Å². The summed E-state index contributed by atoms with van der Waals surface area (Å²) in [5, 5.41) is -1.74. The third kappa shape index (κ3) is 8.26. The molecule has 19 aromatic rings. The zero-order valence-electron chi connectivity index (χ0n) is 82.2. The van der Waals surface area contributed by atoms with Crippen LogP contribution >= 0.6 is 0 Å². The summed E-state index contributed by atoms with van der Waals surface area (Å²) in [6.45, 7) is 0. The van der Waals surface area contributed by atoms with Gasteiger partial charge in [-0.1, -0.05) is 290 Å². The van der Waals surface area contributed by atoms with Crippen LogP contribution < -0.4 is 0 Å². The molecule has 0 fully saturated rings. The van der Waals surface area contributed by atoms with Crippen molar-refractivity contribution >= 4 is 119 Å². The molecule has 19 rings (SSSR count). The lowest BCUT2D eigenvalue weighted by molar-refractivity contribution is 0.669. The molecule has 418 valence electrons. The molecule has 2 heteroatoms. The van der Waals surface area contributed by atoms with Crippen LogP contribution in [0.3, 0.4) is 0 Å². The second kappa shape index (κ2) is 21.0. The zero-order chi connectivity index (χ0) is 90.6. The van der Waals surface area contributed by atoms with Gasteiger partial charge in [0, 0.05) is 21.5 Å². The maximum atomic E-state index is 9.77. The van der Waals surface area contributed by atoms with Crippen molar-refractivity contribution in [3.8, 4) is 66.8 Å². The lowest BCUT2D eigenvalue weighted by Gasteiger charge is -2.20. The first-order valence-corrected chi connectivity index (χ1v) is 28.0. The molecular weight excluding hydrogens is 1090 g/mol. The van der Waals surface area contributed by atoms with Crippen LogP contribution in [0.15, 0.2) is 336 Å². The molecule has 17 aromatic carbocycles. The first-order valence-electron chi connectivity index (χ1n) is 46.0. The molecule has 0 aliphatic heterocycles. The van der Waals surface area contributed by atoms with E-state index in [0.717, 1.165) is 43.8 Å². The minimum absolute atomic E-state index is 0.194. The van der Waals surface area contributed by atoms with Gasteiger partial charge in [0.25, 0.3) is 0 Å². The third-order valence-electron chi connectivity index (χ3n) is 16.1. The highest BCUT2D eigenvalue weighted by molar-refractivity contribution is 6.28.